The second-order valence-electron chi connectivity index (χ2n) is 4.78. The SMILES string of the molecule is N#Cc1ccccc1S(=O)(=O)NCCCc1cccc(O)c1. The van der Waals surface area contributed by atoms with E-state index in [4.69, 9.17) is 5.26 Å². The third kappa shape index (κ3) is 4.07. The Labute approximate surface area is 129 Å². The molecule has 2 rings (SSSR count). The first kappa shape index (κ1) is 16.0. The fourth-order valence-corrected chi connectivity index (χ4v) is 3.31. The Balaban J connectivity index is 1.95. The lowest BCUT2D eigenvalue weighted by molar-refractivity contribution is 0.474. The number of benzene rings is 2. The van der Waals surface area contributed by atoms with Gasteiger partial charge in [0.15, 0.2) is 0 Å². The predicted octanol–water partition coefficient (Wildman–Crippen LogP) is 2.17. The normalized spacial score (nSPS) is 11.0. The highest BCUT2D eigenvalue weighted by Gasteiger charge is 2.17. The summed E-state index contributed by atoms with van der Waals surface area (Å²) < 4.78 is 26.8. The molecule has 0 aromatic heterocycles. The summed E-state index contributed by atoms with van der Waals surface area (Å²) in [6.07, 6.45) is 1.24. The van der Waals surface area contributed by atoms with E-state index in [2.05, 4.69) is 4.72 Å². The van der Waals surface area contributed by atoms with Gasteiger partial charge in [-0.05, 0) is 42.7 Å². The van der Waals surface area contributed by atoms with Crippen LogP contribution in [-0.4, -0.2) is 20.1 Å². The van der Waals surface area contributed by atoms with Gasteiger partial charge in [0.25, 0.3) is 0 Å². The van der Waals surface area contributed by atoms with Gasteiger partial charge in [0.1, 0.15) is 11.8 Å². The van der Waals surface area contributed by atoms with E-state index >= 15 is 0 Å². The summed E-state index contributed by atoms with van der Waals surface area (Å²) in [5.74, 6) is 0.195. The molecular formula is C16H16N2O3S. The van der Waals surface area contributed by atoms with Crippen LogP contribution in [0.1, 0.15) is 17.5 Å². The Hall–Kier alpha value is -2.36. The molecular weight excluding hydrogens is 300 g/mol. The third-order valence-electron chi connectivity index (χ3n) is 3.14. The molecule has 5 nitrogen and oxygen atoms in total. The summed E-state index contributed by atoms with van der Waals surface area (Å²) in [7, 11) is -3.69. The summed E-state index contributed by atoms with van der Waals surface area (Å²) in [6, 6.07) is 14.8. The molecule has 0 amide bonds. The number of aromatic hydroxyl groups is 1. The maximum absolute atomic E-state index is 12.2. The Morgan fingerprint density at radius 3 is 2.64 bits per heavy atom. The van der Waals surface area contributed by atoms with Crippen LogP contribution in [0.3, 0.4) is 0 Å². The van der Waals surface area contributed by atoms with E-state index in [-0.39, 0.29) is 22.8 Å². The smallest absolute Gasteiger partial charge is 0.241 e. The van der Waals surface area contributed by atoms with Crippen molar-refractivity contribution in [1.29, 1.82) is 5.26 Å². The van der Waals surface area contributed by atoms with Crippen LogP contribution < -0.4 is 4.72 Å². The van der Waals surface area contributed by atoms with Gasteiger partial charge in [0.05, 0.1) is 10.5 Å². The lowest BCUT2D eigenvalue weighted by Gasteiger charge is -2.08. The van der Waals surface area contributed by atoms with Gasteiger partial charge in [-0.2, -0.15) is 5.26 Å². The average Bonchev–Trinajstić information content (AvgIpc) is 2.51. The number of hydrogen-bond acceptors (Lipinski definition) is 4. The number of nitriles is 1. The number of aryl methyl sites for hydroxylation is 1. The molecule has 0 heterocycles. The molecule has 6 heteroatoms. The first-order valence-electron chi connectivity index (χ1n) is 6.79. The van der Waals surface area contributed by atoms with E-state index in [1.807, 2.05) is 12.1 Å². The molecule has 0 bridgehead atoms. The molecule has 0 saturated heterocycles. The number of nitrogens with one attached hydrogen (secondary N) is 1. The minimum absolute atomic E-state index is 0.00476. The van der Waals surface area contributed by atoms with Crippen molar-refractivity contribution in [2.75, 3.05) is 6.54 Å². The summed E-state index contributed by atoms with van der Waals surface area (Å²) in [5.41, 5.74) is 1.07. The molecule has 0 aliphatic carbocycles. The monoisotopic (exact) mass is 316 g/mol. The van der Waals surface area contributed by atoms with Crippen molar-refractivity contribution in [1.82, 2.24) is 4.72 Å². The quantitative estimate of drug-likeness (QED) is 0.799. The number of phenols is 1. The lowest BCUT2D eigenvalue weighted by Crippen LogP contribution is -2.25. The largest absolute Gasteiger partial charge is 0.508 e. The van der Waals surface area contributed by atoms with Gasteiger partial charge in [0, 0.05) is 6.54 Å². The van der Waals surface area contributed by atoms with Crippen molar-refractivity contribution in [2.24, 2.45) is 0 Å². The maximum Gasteiger partial charge on any atom is 0.241 e. The first-order valence-corrected chi connectivity index (χ1v) is 8.28. The second kappa shape index (κ2) is 7.07. The van der Waals surface area contributed by atoms with Crippen molar-refractivity contribution >= 4 is 10.0 Å². The van der Waals surface area contributed by atoms with Crippen LogP contribution in [-0.2, 0) is 16.4 Å². The van der Waals surface area contributed by atoms with Crippen LogP contribution in [0.15, 0.2) is 53.4 Å². The van der Waals surface area contributed by atoms with E-state index in [1.54, 1.807) is 30.3 Å². The zero-order chi connectivity index (χ0) is 16.0. The van der Waals surface area contributed by atoms with Crippen LogP contribution in [0.4, 0.5) is 0 Å². The molecule has 114 valence electrons. The molecule has 0 unspecified atom stereocenters. The van der Waals surface area contributed by atoms with Crippen LogP contribution >= 0.6 is 0 Å². The molecule has 0 spiro atoms. The van der Waals surface area contributed by atoms with Crippen LogP contribution in [0.2, 0.25) is 0 Å². The van der Waals surface area contributed by atoms with E-state index in [9.17, 15) is 13.5 Å². The Morgan fingerprint density at radius 1 is 1.14 bits per heavy atom. The number of nitrogens with zero attached hydrogens (tertiary/aromatic N) is 1. The summed E-state index contributed by atoms with van der Waals surface area (Å²) in [5, 5.41) is 18.3. The summed E-state index contributed by atoms with van der Waals surface area (Å²) >= 11 is 0. The molecule has 0 aliphatic heterocycles. The predicted molar refractivity (Wildman–Crippen MR) is 82.8 cm³/mol. The Bertz CT molecular complexity index is 795. The highest BCUT2D eigenvalue weighted by molar-refractivity contribution is 7.89. The van der Waals surface area contributed by atoms with E-state index in [1.165, 1.54) is 12.1 Å². The van der Waals surface area contributed by atoms with Gasteiger partial charge >= 0.3 is 0 Å². The van der Waals surface area contributed by atoms with E-state index in [0.29, 0.717) is 12.8 Å². The highest BCUT2D eigenvalue weighted by Crippen LogP contribution is 2.15. The molecule has 0 fully saturated rings. The fraction of sp³-hybridized carbons (Fsp3) is 0.188. The van der Waals surface area contributed by atoms with Gasteiger partial charge in [0.2, 0.25) is 10.0 Å². The Morgan fingerprint density at radius 2 is 1.91 bits per heavy atom. The molecule has 0 radical (unpaired) electrons. The Kier molecular flexibility index (Phi) is 5.15. The van der Waals surface area contributed by atoms with Crippen molar-refractivity contribution in [3.05, 3.63) is 59.7 Å². The molecule has 0 atom stereocenters. The molecule has 0 aliphatic rings. The topological polar surface area (TPSA) is 90.2 Å². The van der Waals surface area contributed by atoms with Crippen LogP contribution in [0, 0.1) is 11.3 Å². The molecule has 2 aromatic rings. The maximum atomic E-state index is 12.2. The van der Waals surface area contributed by atoms with Gasteiger partial charge < -0.3 is 5.11 Å². The van der Waals surface area contributed by atoms with Gasteiger partial charge in [-0.25, -0.2) is 13.1 Å². The lowest BCUT2D eigenvalue weighted by atomic mass is 10.1. The zero-order valence-corrected chi connectivity index (χ0v) is 12.7. The minimum atomic E-state index is -3.69. The van der Waals surface area contributed by atoms with Crippen LogP contribution in [0.25, 0.3) is 0 Å². The molecule has 2 N–H and O–H groups in total. The van der Waals surface area contributed by atoms with Crippen molar-refractivity contribution < 1.29 is 13.5 Å². The van der Waals surface area contributed by atoms with Crippen molar-refractivity contribution in [2.45, 2.75) is 17.7 Å². The van der Waals surface area contributed by atoms with E-state index < -0.39 is 10.0 Å². The van der Waals surface area contributed by atoms with Crippen molar-refractivity contribution in [3.8, 4) is 11.8 Å². The summed E-state index contributed by atoms with van der Waals surface area (Å²) in [6.45, 7) is 0.262. The summed E-state index contributed by atoms with van der Waals surface area (Å²) in [4.78, 5) is -0.00476. The van der Waals surface area contributed by atoms with E-state index in [0.717, 1.165) is 5.56 Å². The molecule has 2 aromatic carbocycles. The highest BCUT2D eigenvalue weighted by atomic mass is 32.2. The van der Waals surface area contributed by atoms with Gasteiger partial charge in [-0.1, -0.05) is 24.3 Å². The van der Waals surface area contributed by atoms with Gasteiger partial charge in [-0.3, -0.25) is 0 Å². The second-order valence-corrected chi connectivity index (χ2v) is 6.51. The number of rotatable bonds is 6. The third-order valence-corrected chi connectivity index (χ3v) is 4.66. The molecule has 22 heavy (non-hydrogen) atoms. The zero-order valence-electron chi connectivity index (χ0n) is 11.9. The number of hydrogen-bond donors (Lipinski definition) is 2. The van der Waals surface area contributed by atoms with Gasteiger partial charge in [-0.15, -0.1) is 0 Å². The van der Waals surface area contributed by atoms with Crippen molar-refractivity contribution in [3.63, 3.8) is 0 Å². The minimum Gasteiger partial charge on any atom is -0.508 e. The molecule has 0 saturated carbocycles. The average molecular weight is 316 g/mol. The number of phenolic OH excluding ortho intramolecular Hbond substituents is 1. The number of sulfonamides is 1. The van der Waals surface area contributed by atoms with Crippen LogP contribution in [0.5, 0.6) is 5.75 Å². The fourth-order valence-electron chi connectivity index (χ4n) is 2.08. The standard InChI is InChI=1S/C16H16N2O3S/c17-12-14-7-1-2-9-16(14)22(20,21)18-10-4-6-13-5-3-8-15(19)11-13/h1-3,5,7-9,11,18-19H,4,6,10H2. The first-order chi connectivity index (χ1) is 10.5.